The quantitative estimate of drug-likeness (QED) is 0.115. The number of esters is 2. The number of rotatable bonds is 10. The summed E-state index contributed by atoms with van der Waals surface area (Å²) in [6.07, 6.45) is 15.0. The molecule has 5 fully saturated rings. The normalized spacial score (nSPS) is 35.3. The van der Waals surface area contributed by atoms with Crippen LogP contribution in [0.3, 0.4) is 0 Å². The molecule has 0 amide bonds. The van der Waals surface area contributed by atoms with E-state index in [1.165, 1.54) is 17.2 Å². The first-order valence-corrected chi connectivity index (χ1v) is 18.1. The summed E-state index contributed by atoms with van der Waals surface area (Å²) in [6.45, 7) is 19.8. The maximum absolute atomic E-state index is 13.6. The Hall–Kier alpha value is -3.71. The third-order valence-corrected chi connectivity index (χ3v) is 13.3. The van der Waals surface area contributed by atoms with Crippen LogP contribution in [0.1, 0.15) is 89.0 Å². The number of fused-ring (bicyclic) bond motifs is 4. The summed E-state index contributed by atoms with van der Waals surface area (Å²) >= 11 is 0. The van der Waals surface area contributed by atoms with Gasteiger partial charge in [0.05, 0.1) is 13.2 Å². The van der Waals surface area contributed by atoms with Gasteiger partial charge in [0.15, 0.2) is 6.61 Å². The molecule has 50 heavy (non-hydrogen) atoms. The molecule has 6 rings (SSSR count). The lowest BCUT2D eigenvalue weighted by molar-refractivity contribution is -0.238. The fourth-order valence-electron chi connectivity index (χ4n) is 10.3. The molecule has 7 heteroatoms. The molecule has 5 aliphatic rings. The van der Waals surface area contributed by atoms with Crippen molar-refractivity contribution in [2.24, 2.45) is 39.9 Å². The van der Waals surface area contributed by atoms with Crippen LogP contribution in [-0.4, -0.2) is 48.8 Å². The van der Waals surface area contributed by atoms with Crippen molar-refractivity contribution in [2.75, 3.05) is 13.7 Å². The van der Waals surface area contributed by atoms with Crippen LogP contribution in [-0.2, 0) is 23.9 Å². The second kappa shape index (κ2) is 14.1. The lowest BCUT2D eigenvalue weighted by Gasteiger charge is -2.68. The van der Waals surface area contributed by atoms with Gasteiger partial charge in [0.2, 0.25) is 0 Å². The highest BCUT2D eigenvalue weighted by molar-refractivity contribution is 5.87. The van der Waals surface area contributed by atoms with Crippen LogP contribution < -0.4 is 4.74 Å². The van der Waals surface area contributed by atoms with Gasteiger partial charge in [0.25, 0.3) is 0 Å². The lowest BCUT2D eigenvalue weighted by Crippen LogP contribution is -2.67. The molecule has 0 radical (unpaired) electrons. The zero-order valence-electron chi connectivity index (χ0n) is 31.4. The van der Waals surface area contributed by atoms with E-state index >= 15 is 0 Å². The van der Waals surface area contributed by atoms with Gasteiger partial charge in [0, 0.05) is 29.2 Å². The summed E-state index contributed by atoms with van der Waals surface area (Å²) in [4.78, 5) is 39.5. The number of carbonyl (C=O) groups is 3. The van der Waals surface area contributed by atoms with E-state index in [2.05, 4.69) is 59.4 Å². The van der Waals surface area contributed by atoms with Crippen LogP contribution in [0.2, 0.25) is 0 Å². The monoisotopic (exact) mass is 684 g/mol. The number of carbonyl (C=O) groups excluding carboxylic acids is 3. The van der Waals surface area contributed by atoms with E-state index in [0.717, 1.165) is 41.7 Å². The number of aryl methyl sites for hydroxylation is 1. The standard InChI is InChI=1S/C43H56O7/c1-11-41(8)23-35(42(9)19-17-32-38(40(41)47)30(7)43(32)20-18-33(44)39(42)43)50-37(46)24-49-36(45)21-26(3)14-12-13-25(2)15-16-31-27(4)22-34(48-10)29(6)28(31)5/h11-16,21-22,30,32,35,38-40,47H,1,17-20,23-24H2,2-10H3/b14-12+,16-15+,25-13+,26-21+/t30-,32-,35+,38?,39-,40-,41+,42-,43?/m0/s1. The van der Waals surface area contributed by atoms with Crippen molar-refractivity contribution in [1.29, 1.82) is 0 Å². The third-order valence-electron chi connectivity index (χ3n) is 13.3. The maximum atomic E-state index is 13.6. The first-order chi connectivity index (χ1) is 23.5. The number of Topliss-reactive ketones (excluding diaryl/α,β-unsaturated/α-hetero) is 1. The third kappa shape index (κ3) is 6.35. The summed E-state index contributed by atoms with van der Waals surface area (Å²) in [6, 6.07) is 2.05. The van der Waals surface area contributed by atoms with Gasteiger partial charge in [-0.3, -0.25) is 4.79 Å². The summed E-state index contributed by atoms with van der Waals surface area (Å²) in [5.74, 6) is 0.189. The van der Waals surface area contributed by atoms with E-state index in [1.807, 2.05) is 32.1 Å². The van der Waals surface area contributed by atoms with E-state index in [1.54, 1.807) is 20.1 Å². The van der Waals surface area contributed by atoms with Gasteiger partial charge in [0.1, 0.15) is 17.6 Å². The average molecular weight is 685 g/mol. The second-order valence-electron chi connectivity index (χ2n) is 16.0. The highest BCUT2D eigenvalue weighted by Crippen LogP contribution is 2.76. The van der Waals surface area contributed by atoms with Crippen LogP contribution in [0, 0.1) is 60.7 Å². The molecule has 4 bridgehead atoms. The van der Waals surface area contributed by atoms with Crippen molar-refractivity contribution >= 4 is 23.8 Å². The average Bonchev–Trinajstić information content (AvgIpc) is 3.47. The van der Waals surface area contributed by atoms with Crippen molar-refractivity contribution in [2.45, 2.75) is 99.7 Å². The van der Waals surface area contributed by atoms with E-state index in [9.17, 15) is 19.5 Å². The molecule has 1 N–H and O–H groups in total. The lowest BCUT2D eigenvalue weighted by atomic mass is 9.35. The van der Waals surface area contributed by atoms with Crippen molar-refractivity contribution in [3.8, 4) is 5.75 Å². The highest BCUT2D eigenvalue weighted by atomic mass is 16.6. The van der Waals surface area contributed by atoms with Gasteiger partial charge in [-0.15, -0.1) is 6.58 Å². The number of allylic oxidation sites excluding steroid dienone is 6. The van der Waals surface area contributed by atoms with Crippen molar-refractivity contribution in [3.63, 3.8) is 0 Å². The molecular formula is C43H56O7. The SMILES string of the molecule is C=C[C@]1(C)C[C@@H](OC(=O)COC(=O)/C=C(C)/C=C/C=C(C)/C=C/c2c(C)cc(OC)c(C)c2C)[C@]2(C)CC[C@H]3C([C@H](C)C34CCC(=O)[C@H]42)[C@@H]1O. The number of hydrogen-bond acceptors (Lipinski definition) is 7. The minimum atomic E-state index is -0.699. The molecule has 0 aliphatic heterocycles. The Balaban J connectivity index is 1.22. The summed E-state index contributed by atoms with van der Waals surface area (Å²) in [7, 11) is 1.69. The molecule has 270 valence electrons. The molecule has 1 spiro atoms. The zero-order valence-corrected chi connectivity index (χ0v) is 31.4. The molecule has 5 saturated carbocycles. The number of ether oxygens (including phenoxy) is 3. The largest absolute Gasteiger partial charge is 0.496 e. The molecule has 2 unspecified atom stereocenters. The van der Waals surface area contributed by atoms with Crippen LogP contribution in [0.5, 0.6) is 5.75 Å². The zero-order chi connectivity index (χ0) is 36.8. The number of aliphatic hydroxyl groups excluding tert-OH is 1. The van der Waals surface area contributed by atoms with E-state index in [-0.39, 0.29) is 34.9 Å². The number of ketones is 1. The molecule has 0 aromatic heterocycles. The fraction of sp³-hybridized carbons (Fsp3) is 0.558. The van der Waals surface area contributed by atoms with E-state index in [0.29, 0.717) is 18.4 Å². The van der Waals surface area contributed by atoms with Gasteiger partial charge in [-0.25, -0.2) is 9.59 Å². The van der Waals surface area contributed by atoms with E-state index in [4.69, 9.17) is 14.2 Å². The Morgan fingerprint density at radius 1 is 1.08 bits per heavy atom. The van der Waals surface area contributed by atoms with Crippen LogP contribution in [0.25, 0.3) is 6.08 Å². The molecule has 0 saturated heterocycles. The predicted octanol–water partition coefficient (Wildman–Crippen LogP) is 8.14. The molecule has 1 aromatic carbocycles. The Bertz CT molecular complexity index is 1680. The van der Waals surface area contributed by atoms with Gasteiger partial charge in [-0.1, -0.05) is 62.8 Å². The minimum absolute atomic E-state index is 0.0866. The Morgan fingerprint density at radius 3 is 2.48 bits per heavy atom. The molecule has 1 aromatic rings. The minimum Gasteiger partial charge on any atom is -0.496 e. The van der Waals surface area contributed by atoms with E-state index < -0.39 is 41.6 Å². The van der Waals surface area contributed by atoms with Gasteiger partial charge in [-0.05, 0) is 117 Å². The van der Waals surface area contributed by atoms with Crippen molar-refractivity contribution < 1.29 is 33.7 Å². The fourth-order valence-corrected chi connectivity index (χ4v) is 10.3. The van der Waals surface area contributed by atoms with Crippen molar-refractivity contribution in [1.82, 2.24) is 0 Å². The Morgan fingerprint density at radius 2 is 1.80 bits per heavy atom. The molecule has 0 heterocycles. The Labute approximate surface area is 298 Å². The van der Waals surface area contributed by atoms with Crippen LogP contribution in [0.4, 0.5) is 0 Å². The molecule has 5 aliphatic carbocycles. The number of aliphatic hydroxyl groups is 1. The number of hydrogen-bond donors (Lipinski definition) is 1. The first kappa shape index (κ1) is 37.5. The van der Waals surface area contributed by atoms with Crippen LogP contribution >= 0.6 is 0 Å². The number of benzene rings is 1. The topological polar surface area (TPSA) is 99.1 Å². The van der Waals surface area contributed by atoms with Crippen LogP contribution in [0.15, 0.2) is 60.2 Å². The summed E-state index contributed by atoms with van der Waals surface area (Å²) in [5.41, 5.74) is 4.88. The molecule has 7 nitrogen and oxygen atoms in total. The summed E-state index contributed by atoms with van der Waals surface area (Å²) < 4.78 is 17.0. The van der Waals surface area contributed by atoms with Crippen molar-refractivity contribution in [3.05, 3.63) is 82.5 Å². The first-order valence-electron chi connectivity index (χ1n) is 18.1. The molecular weight excluding hydrogens is 628 g/mol. The number of methoxy groups -OCH3 is 1. The molecule has 9 atom stereocenters. The van der Waals surface area contributed by atoms with Gasteiger partial charge in [-0.2, -0.15) is 0 Å². The van der Waals surface area contributed by atoms with Gasteiger partial charge < -0.3 is 19.3 Å². The predicted molar refractivity (Wildman–Crippen MR) is 196 cm³/mol. The Kier molecular flexibility index (Phi) is 10.6. The highest BCUT2D eigenvalue weighted by Gasteiger charge is 2.76. The maximum Gasteiger partial charge on any atom is 0.344 e. The second-order valence-corrected chi connectivity index (χ2v) is 16.0. The van der Waals surface area contributed by atoms with Gasteiger partial charge >= 0.3 is 11.9 Å². The smallest absolute Gasteiger partial charge is 0.344 e. The summed E-state index contributed by atoms with van der Waals surface area (Å²) in [5, 5.41) is 11.8.